The first-order valence-corrected chi connectivity index (χ1v) is 15.0. The first kappa shape index (κ1) is 31.0. The van der Waals surface area contributed by atoms with E-state index in [-0.39, 0.29) is 43.8 Å². The lowest BCUT2D eigenvalue weighted by molar-refractivity contribution is -0.138. The SMILES string of the molecule is CNCC(=O)NC1CNC(C(=O)N2CC(NC(=O)C(O)CCc3ccccc3)CC2C(=O)Nc2cnc3ccccc3c2)C1. The molecule has 0 spiro atoms. The number of likely N-dealkylation sites (N-methyl/N-ethyl adjacent to an activating group) is 1. The van der Waals surface area contributed by atoms with Crippen molar-refractivity contribution in [3.63, 3.8) is 0 Å². The molecular formula is C32H39N7O5. The fourth-order valence-corrected chi connectivity index (χ4v) is 5.85. The highest BCUT2D eigenvalue weighted by atomic mass is 16.3. The van der Waals surface area contributed by atoms with E-state index in [0.29, 0.717) is 25.1 Å². The Morgan fingerprint density at radius 2 is 1.80 bits per heavy atom. The molecule has 4 amide bonds. The molecule has 5 rings (SSSR count). The molecule has 3 heterocycles. The van der Waals surface area contributed by atoms with Crippen LogP contribution >= 0.6 is 0 Å². The second-order valence-electron chi connectivity index (χ2n) is 11.4. The Morgan fingerprint density at radius 3 is 2.59 bits per heavy atom. The van der Waals surface area contributed by atoms with Crippen LogP contribution in [-0.4, -0.2) is 95.6 Å². The molecule has 232 valence electrons. The van der Waals surface area contributed by atoms with E-state index in [9.17, 15) is 24.3 Å². The van der Waals surface area contributed by atoms with E-state index in [2.05, 4.69) is 31.6 Å². The van der Waals surface area contributed by atoms with Gasteiger partial charge in [0, 0.05) is 30.6 Å². The number of likely N-dealkylation sites (tertiary alicyclic amines) is 1. The van der Waals surface area contributed by atoms with E-state index >= 15 is 0 Å². The van der Waals surface area contributed by atoms with Crippen molar-refractivity contribution in [2.24, 2.45) is 0 Å². The number of amides is 4. The molecule has 2 fully saturated rings. The minimum absolute atomic E-state index is 0.110. The summed E-state index contributed by atoms with van der Waals surface area (Å²) < 4.78 is 0. The molecule has 12 nitrogen and oxygen atoms in total. The Morgan fingerprint density at radius 1 is 1.02 bits per heavy atom. The van der Waals surface area contributed by atoms with E-state index in [0.717, 1.165) is 16.5 Å². The van der Waals surface area contributed by atoms with Crippen LogP contribution in [0.3, 0.4) is 0 Å². The van der Waals surface area contributed by atoms with Gasteiger partial charge in [0.2, 0.25) is 23.6 Å². The smallest absolute Gasteiger partial charge is 0.249 e. The fraction of sp³-hybridized carbons (Fsp3) is 0.406. The summed E-state index contributed by atoms with van der Waals surface area (Å²) in [5.74, 6) is -1.38. The van der Waals surface area contributed by atoms with Gasteiger partial charge in [-0.1, -0.05) is 48.5 Å². The molecule has 2 aliphatic rings. The maximum atomic E-state index is 13.8. The van der Waals surface area contributed by atoms with Crippen molar-refractivity contribution >= 4 is 40.2 Å². The van der Waals surface area contributed by atoms with Crippen LogP contribution in [-0.2, 0) is 25.6 Å². The van der Waals surface area contributed by atoms with Gasteiger partial charge in [-0.15, -0.1) is 0 Å². The molecule has 2 aromatic carbocycles. The summed E-state index contributed by atoms with van der Waals surface area (Å²) in [4.78, 5) is 58.2. The van der Waals surface area contributed by atoms with Gasteiger partial charge in [-0.25, -0.2) is 0 Å². The van der Waals surface area contributed by atoms with Gasteiger partial charge in [0.15, 0.2) is 0 Å². The van der Waals surface area contributed by atoms with Crippen molar-refractivity contribution in [1.82, 2.24) is 31.2 Å². The van der Waals surface area contributed by atoms with Crippen molar-refractivity contribution in [1.29, 1.82) is 0 Å². The lowest BCUT2D eigenvalue weighted by atomic mass is 10.1. The summed E-state index contributed by atoms with van der Waals surface area (Å²) in [6.45, 7) is 0.706. The molecule has 0 bridgehead atoms. The molecule has 1 aromatic heterocycles. The van der Waals surface area contributed by atoms with Crippen LogP contribution < -0.4 is 26.6 Å². The molecule has 0 aliphatic carbocycles. The molecule has 5 unspecified atom stereocenters. The van der Waals surface area contributed by atoms with Crippen LogP contribution in [0.25, 0.3) is 10.9 Å². The Balaban J connectivity index is 1.26. The number of nitrogens with one attached hydrogen (secondary N) is 5. The lowest BCUT2D eigenvalue weighted by Gasteiger charge is -2.26. The standard InChI is InChI=1S/C32H39N7O5/c1-33-18-29(41)36-23-14-26(35-17-23)32(44)39-19-24(38-31(43)28(40)12-11-20-7-3-2-4-8-20)15-27(39)30(42)37-22-13-21-9-5-6-10-25(21)34-16-22/h2-10,13,16,23-24,26-28,33,35,40H,11-12,14-15,17-19H2,1H3,(H,36,41)(H,37,42)(H,38,43). The van der Waals surface area contributed by atoms with Gasteiger partial charge >= 0.3 is 0 Å². The number of aliphatic hydroxyl groups is 1. The lowest BCUT2D eigenvalue weighted by Crippen LogP contribution is -2.50. The van der Waals surface area contributed by atoms with E-state index in [1.54, 1.807) is 13.2 Å². The fourth-order valence-electron chi connectivity index (χ4n) is 5.85. The number of aromatic nitrogens is 1. The number of anilines is 1. The van der Waals surface area contributed by atoms with E-state index in [1.807, 2.05) is 60.7 Å². The highest BCUT2D eigenvalue weighted by Gasteiger charge is 2.44. The van der Waals surface area contributed by atoms with Crippen LogP contribution in [0.5, 0.6) is 0 Å². The average Bonchev–Trinajstić information content (AvgIpc) is 3.67. The van der Waals surface area contributed by atoms with Crippen molar-refractivity contribution < 1.29 is 24.3 Å². The summed E-state index contributed by atoms with van der Waals surface area (Å²) >= 11 is 0. The average molecular weight is 602 g/mol. The summed E-state index contributed by atoms with van der Waals surface area (Å²) in [6.07, 6.45) is 1.69. The van der Waals surface area contributed by atoms with Crippen molar-refractivity contribution in [2.75, 3.05) is 32.0 Å². The molecule has 44 heavy (non-hydrogen) atoms. The molecule has 0 radical (unpaired) electrons. The van der Waals surface area contributed by atoms with Crippen molar-refractivity contribution in [2.45, 2.75) is 56.0 Å². The number of rotatable bonds is 11. The number of carbonyl (C=O) groups excluding carboxylic acids is 4. The van der Waals surface area contributed by atoms with Crippen molar-refractivity contribution in [3.05, 3.63) is 72.4 Å². The maximum Gasteiger partial charge on any atom is 0.249 e. The van der Waals surface area contributed by atoms with Crippen LogP contribution in [0, 0.1) is 0 Å². The van der Waals surface area contributed by atoms with Crippen LogP contribution in [0.15, 0.2) is 66.9 Å². The zero-order valence-corrected chi connectivity index (χ0v) is 24.7. The number of carbonyl (C=O) groups is 4. The van der Waals surface area contributed by atoms with Crippen LogP contribution in [0.1, 0.15) is 24.8 Å². The van der Waals surface area contributed by atoms with Crippen LogP contribution in [0.2, 0.25) is 0 Å². The predicted octanol–water partition coefficient (Wildman–Crippen LogP) is 0.319. The summed E-state index contributed by atoms with van der Waals surface area (Å²) in [5.41, 5.74) is 2.30. The monoisotopic (exact) mass is 601 g/mol. The minimum Gasteiger partial charge on any atom is -0.383 e. The number of aliphatic hydroxyl groups excluding tert-OH is 1. The molecular weight excluding hydrogens is 562 g/mol. The number of benzene rings is 2. The second-order valence-corrected chi connectivity index (χ2v) is 11.4. The topological polar surface area (TPSA) is 165 Å². The molecule has 6 N–H and O–H groups in total. The van der Waals surface area contributed by atoms with E-state index in [1.165, 1.54) is 4.90 Å². The number of hydrogen-bond acceptors (Lipinski definition) is 8. The highest BCUT2D eigenvalue weighted by molar-refractivity contribution is 5.99. The third-order valence-electron chi connectivity index (χ3n) is 8.07. The van der Waals surface area contributed by atoms with Crippen LogP contribution in [0.4, 0.5) is 5.69 Å². The number of hydrogen-bond donors (Lipinski definition) is 6. The first-order valence-electron chi connectivity index (χ1n) is 15.0. The van der Waals surface area contributed by atoms with Gasteiger partial charge in [0.05, 0.1) is 30.0 Å². The predicted molar refractivity (Wildman–Crippen MR) is 165 cm³/mol. The Kier molecular flexibility index (Phi) is 10.2. The van der Waals surface area contributed by atoms with Gasteiger partial charge < -0.3 is 36.6 Å². The number of pyridine rings is 1. The molecule has 2 saturated heterocycles. The zero-order chi connectivity index (χ0) is 31.1. The summed E-state index contributed by atoms with van der Waals surface area (Å²) in [6, 6.07) is 16.7. The molecule has 12 heteroatoms. The number of para-hydroxylation sites is 1. The molecule has 5 atom stereocenters. The molecule has 3 aromatic rings. The van der Waals surface area contributed by atoms with Gasteiger partial charge in [-0.2, -0.15) is 0 Å². The molecule has 2 aliphatic heterocycles. The maximum absolute atomic E-state index is 13.8. The highest BCUT2D eigenvalue weighted by Crippen LogP contribution is 2.24. The van der Waals surface area contributed by atoms with Gasteiger partial charge in [0.25, 0.3) is 0 Å². The summed E-state index contributed by atoms with van der Waals surface area (Å²) in [7, 11) is 1.68. The second kappa shape index (κ2) is 14.4. The Hall–Kier alpha value is -4.39. The van der Waals surface area contributed by atoms with E-state index in [4.69, 9.17) is 0 Å². The number of fused-ring (bicyclic) bond motifs is 1. The quantitative estimate of drug-likeness (QED) is 0.183. The largest absolute Gasteiger partial charge is 0.383 e. The van der Waals surface area contributed by atoms with Gasteiger partial charge in [-0.05, 0) is 50.4 Å². The summed E-state index contributed by atoms with van der Waals surface area (Å²) in [5, 5.41) is 26.0. The number of aryl methyl sites for hydroxylation is 1. The Bertz CT molecular complexity index is 1490. The van der Waals surface area contributed by atoms with Gasteiger partial charge in [0.1, 0.15) is 12.1 Å². The van der Waals surface area contributed by atoms with E-state index < -0.39 is 36.0 Å². The minimum atomic E-state index is -1.23. The molecule has 0 saturated carbocycles. The Labute approximate surface area is 256 Å². The number of nitrogens with zero attached hydrogens (tertiary/aromatic N) is 2. The first-order chi connectivity index (χ1) is 21.3. The third kappa shape index (κ3) is 7.76. The van der Waals surface area contributed by atoms with Crippen molar-refractivity contribution in [3.8, 4) is 0 Å². The normalized spacial score (nSPS) is 22.0. The van der Waals surface area contributed by atoms with Gasteiger partial charge in [-0.3, -0.25) is 24.2 Å². The zero-order valence-electron chi connectivity index (χ0n) is 24.7. The third-order valence-corrected chi connectivity index (χ3v) is 8.07.